The molecule has 0 saturated heterocycles. The Morgan fingerprint density at radius 3 is 2.71 bits per heavy atom. The second kappa shape index (κ2) is 4.86. The third-order valence-corrected chi connectivity index (χ3v) is 4.73. The van der Waals surface area contributed by atoms with E-state index in [0.717, 1.165) is 0 Å². The molecule has 3 heteroatoms. The van der Waals surface area contributed by atoms with Gasteiger partial charge in [-0.05, 0) is 25.3 Å². The van der Waals surface area contributed by atoms with Gasteiger partial charge in [0.25, 0.3) is 0 Å². The summed E-state index contributed by atoms with van der Waals surface area (Å²) in [4.78, 5) is 0. The molecule has 2 N–H and O–H groups in total. The number of rotatable bonds is 4. The van der Waals surface area contributed by atoms with Crippen molar-refractivity contribution in [2.75, 3.05) is 13.7 Å². The maximum Gasteiger partial charge on any atom is 0.0547 e. The Hall–Kier alpha value is 0.270. The van der Waals surface area contributed by atoms with Crippen LogP contribution >= 0.6 is 11.8 Å². The lowest BCUT2D eigenvalue weighted by Crippen LogP contribution is -2.41. The molecule has 1 aliphatic rings. The molecule has 14 heavy (non-hydrogen) atoms. The van der Waals surface area contributed by atoms with Crippen LogP contribution in [0.3, 0.4) is 0 Å². The standard InChI is InChI=1S/C11H23NOS/c1-8(7-13)14-9-5-6-11(2,3)10(9)12-4/h8-10,12-13H,5-7H2,1-4H3. The highest BCUT2D eigenvalue weighted by atomic mass is 32.2. The molecule has 1 fully saturated rings. The van der Waals surface area contributed by atoms with Crippen molar-refractivity contribution in [3.8, 4) is 0 Å². The van der Waals surface area contributed by atoms with Gasteiger partial charge in [-0.15, -0.1) is 0 Å². The zero-order valence-electron chi connectivity index (χ0n) is 9.71. The van der Waals surface area contributed by atoms with Crippen LogP contribution in [-0.4, -0.2) is 35.3 Å². The van der Waals surface area contributed by atoms with Crippen molar-refractivity contribution in [1.82, 2.24) is 5.32 Å². The zero-order chi connectivity index (χ0) is 10.8. The van der Waals surface area contributed by atoms with Crippen molar-refractivity contribution in [2.45, 2.75) is 50.2 Å². The topological polar surface area (TPSA) is 32.3 Å². The van der Waals surface area contributed by atoms with Crippen molar-refractivity contribution in [3.05, 3.63) is 0 Å². The summed E-state index contributed by atoms with van der Waals surface area (Å²) in [6.45, 7) is 7.05. The lowest BCUT2D eigenvalue weighted by Gasteiger charge is -2.31. The number of aliphatic hydroxyl groups excluding tert-OH is 1. The molecule has 0 bridgehead atoms. The Bertz CT molecular complexity index is 184. The third-order valence-electron chi connectivity index (χ3n) is 3.26. The van der Waals surface area contributed by atoms with Gasteiger partial charge in [0.1, 0.15) is 0 Å². The van der Waals surface area contributed by atoms with E-state index in [1.54, 1.807) is 0 Å². The largest absolute Gasteiger partial charge is 0.395 e. The molecule has 0 spiro atoms. The third kappa shape index (κ3) is 2.65. The van der Waals surface area contributed by atoms with E-state index in [-0.39, 0.29) is 6.61 Å². The SMILES string of the molecule is CNC1C(SC(C)CO)CCC1(C)C. The Morgan fingerprint density at radius 2 is 2.21 bits per heavy atom. The van der Waals surface area contributed by atoms with Gasteiger partial charge in [0.2, 0.25) is 0 Å². The second-order valence-electron chi connectivity index (χ2n) is 4.96. The van der Waals surface area contributed by atoms with E-state index >= 15 is 0 Å². The first kappa shape index (κ1) is 12.3. The second-order valence-corrected chi connectivity index (χ2v) is 6.64. The molecule has 0 aromatic carbocycles. The predicted molar refractivity (Wildman–Crippen MR) is 63.8 cm³/mol. The molecule has 1 rings (SSSR count). The highest BCUT2D eigenvalue weighted by Gasteiger charge is 2.41. The molecule has 1 aliphatic carbocycles. The van der Waals surface area contributed by atoms with Crippen LogP contribution in [0.2, 0.25) is 0 Å². The molecule has 0 aromatic heterocycles. The van der Waals surface area contributed by atoms with Gasteiger partial charge in [-0.25, -0.2) is 0 Å². The van der Waals surface area contributed by atoms with Gasteiger partial charge in [-0.1, -0.05) is 20.8 Å². The molecular formula is C11H23NOS. The molecule has 3 unspecified atom stereocenters. The first-order valence-electron chi connectivity index (χ1n) is 5.45. The Morgan fingerprint density at radius 1 is 1.57 bits per heavy atom. The van der Waals surface area contributed by atoms with Gasteiger partial charge in [0, 0.05) is 16.5 Å². The normalized spacial score (nSPS) is 33.2. The summed E-state index contributed by atoms with van der Waals surface area (Å²) in [5.74, 6) is 0. The van der Waals surface area contributed by atoms with Crippen molar-refractivity contribution in [2.24, 2.45) is 5.41 Å². The van der Waals surface area contributed by atoms with Crippen molar-refractivity contribution < 1.29 is 5.11 Å². The molecule has 84 valence electrons. The fraction of sp³-hybridized carbons (Fsp3) is 1.00. The quantitative estimate of drug-likeness (QED) is 0.754. The van der Waals surface area contributed by atoms with Crippen LogP contribution in [0, 0.1) is 5.41 Å². The summed E-state index contributed by atoms with van der Waals surface area (Å²) in [6.07, 6.45) is 2.56. The summed E-state index contributed by atoms with van der Waals surface area (Å²) in [5, 5.41) is 13.5. The monoisotopic (exact) mass is 217 g/mol. The zero-order valence-corrected chi connectivity index (χ0v) is 10.5. The van der Waals surface area contributed by atoms with Crippen molar-refractivity contribution in [3.63, 3.8) is 0 Å². The Labute approximate surface area is 91.9 Å². The predicted octanol–water partition coefficient (Wildman–Crippen LogP) is 1.88. The molecule has 1 saturated carbocycles. The maximum atomic E-state index is 9.04. The number of thioether (sulfide) groups is 1. The minimum absolute atomic E-state index is 0.290. The maximum absolute atomic E-state index is 9.04. The van der Waals surface area contributed by atoms with Gasteiger partial charge >= 0.3 is 0 Å². The first-order chi connectivity index (χ1) is 6.51. The summed E-state index contributed by atoms with van der Waals surface area (Å²) in [6, 6.07) is 0.585. The molecule has 0 aromatic rings. The van der Waals surface area contributed by atoms with Crippen LogP contribution in [0.5, 0.6) is 0 Å². The number of aliphatic hydroxyl groups is 1. The van der Waals surface area contributed by atoms with Crippen LogP contribution in [0.15, 0.2) is 0 Å². The summed E-state index contributed by atoms with van der Waals surface area (Å²) >= 11 is 1.93. The van der Waals surface area contributed by atoms with Crippen LogP contribution in [-0.2, 0) is 0 Å². The van der Waals surface area contributed by atoms with E-state index in [1.807, 2.05) is 11.8 Å². The average Bonchev–Trinajstić information content (AvgIpc) is 2.41. The summed E-state index contributed by atoms with van der Waals surface area (Å²) in [7, 11) is 2.05. The van der Waals surface area contributed by atoms with Gasteiger partial charge < -0.3 is 10.4 Å². The van der Waals surface area contributed by atoms with Crippen molar-refractivity contribution in [1.29, 1.82) is 0 Å². The molecule has 0 aliphatic heterocycles. The van der Waals surface area contributed by atoms with Crippen LogP contribution < -0.4 is 5.32 Å². The summed E-state index contributed by atoms with van der Waals surface area (Å²) in [5.41, 5.74) is 0.404. The highest BCUT2D eigenvalue weighted by molar-refractivity contribution is 8.00. The molecule has 0 amide bonds. The van der Waals surface area contributed by atoms with Crippen LogP contribution in [0.4, 0.5) is 0 Å². The summed E-state index contributed by atoms with van der Waals surface area (Å²) < 4.78 is 0. The Kier molecular flexibility index (Phi) is 4.29. The van der Waals surface area contributed by atoms with E-state index in [1.165, 1.54) is 12.8 Å². The smallest absolute Gasteiger partial charge is 0.0547 e. The first-order valence-corrected chi connectivity index (χ1v) is 6.39. The van der Waals surface area contributed by atoms with Gasteiger partial charge in [0.15, 0.2) is 0 Å². The van der Waals surface area contributed by atoms with E-state index in [9.17, 15) is 0 Å². The van der Waals surface area contributed by atoms with Gasteiger partial charge in [-0.3, -0.25) is 0 Å². The van der Waals surface area contributed by atoms with E-state index in [0.29, 0.717) is 22.0 Å². The molecule has 0 radical (unpaired) electrons. The number of hydrogen-bond donors (Lipinski definition) is 2. The lowest BCUT2D eigenvalue weighted by molar-refractivity contribution is 0.294. The number of hydrogen-bond acceptors (Lipinski definition) is 3. The molecule has 2 nitrogen and oxygen atoms in total. The fourth-order valence-corrected chi connectivity index (χ4v) is 4.00. The van der Waals surface area contributed by atoms with Crippen LogP contribution in [0.1, 0.15) is 33.6 Å². The van der Waals surface area contributed by atoms with E-state index < -0.39 is 0 Å². The minimum Gasteiger partial charge on any atom is -0.395 e. The van der Waals surface area contributed by atoms with Crippen LogP contribution in [0.25, 0.3) is 0 Å². The Balaban J connectivity index is 2.54. The molecule has 3 atom stereocenters. The average molecular weight is 217 g/mol. The lowest BCUT2D eigenvalue weighted by atomic mass is 9.87. The van der Waals surface area contributed by atoms with E-state index in [2.05, 4.69) is 33.1 Å². The van der Waals surface area contributed by atoms with E-state index in [4.69, 9.17) is 5.11 Å². The highest BCUT2D eigenvalue weighted by Crippen LogP contribution is 2.43. The molecule has 0 heterocycles. The van der Waals surface area contributed by atoms with Gasteiger partial charge in [0.05, 0.1) is 6.61 Å². The minimum atomic E-state index is 0.290. The molecular weight excluding hydrogens is 194 g/mol. The van der Waals surface area contributed by atoms with Gasteiger partial charge in [-0.2, -0.15) is 11.8 Å². The fourth-order valence-electron chi connectivity index (χ4n) is 2.40. The van der Waals surface area contributed by atoms with Crippen molar-refractivity contribution >= 4 is 11.8 Å². The number of nitrogens with one attached hydrogen (secondary N) is 1.